The van der Waals surface area contributed by atoms with Crippen molar-refractivity contribution >= 4 is 0 Å². The molecule has 1 saturated carbocycles. The number of rotatable bonds is 0. The molecule has 3 rings (SSSR count). The van der Waals surface area contributed by atoms with Gasteiger partial charge in [0.05, 0.1) is 5.69 Å². The van der Waals surface area contributed by atoms with Crippen LogP contribution in [0.2, 0.25) is 0 Å². The lowest BCUT2D eigenvalue weighted by molar-refractivity contribution is 0.876. The number of fused-ring (bicyclic) bond motifs is 1. The van der Waals surface area contributed by atoms with E-state index in [0.717, 1.165) is 18.5 Å². The van der Waals surface area contributed by atoms with Crippen molar-refractivity contribution in [3.05, 3.63) is 23.0 Å². The molecular weight excluding hydrogens is 172 g/mol. The molecule has 2 aliphatic rings. The molecule has 0 bridgehead atoms. The highest BCUT2D eigenvalue weighted by molar-refractivity contribution is 5.34. The average Bonchev–Trinajstić information content (AvgIpc) is 2.92. The molecule has 1 aromatic rings. The molecule has 0 radical (unpaired) electrons. The molecule has 1 aromatic heterocycles. The summed E-state index contributed by atoms with van der Waals surface area (Å²) in [6.07, 6.45) is 6.02. The molecule has 1 heterocycles. The van der Waals surface area contributed by atoms with Gasteiger partial charge in [0.1, 0.15) is 5.69 Å². The molecule has 14 heavy (non-hydrogen) atoms. The highest BCUT2D eigenvalue weighted by Gasteiger charge is 2.18. The molecule has 2 heteroatoms. The summed E-state index contributed by atoms with van der Waals surface area (Å²) in [6, 6.07) is 2.12. The predicted octanol–water partition coefficient (Wildman–Crippen LogP) is 1.73. The maximum atomic E-state index is 4.21. The van der Waals surface area contributed by atoms with Crippen LogP contribution in [0.25, 0.3) is 0 Å². The highest BCUT2D eigenvalue weighted by atomic mass is 15.1. The van der Waals surface area contributed by atoms with E-state index >= 15 is 0 Å². The van der Waals surface area contributed by atoms with Gasteiger partial charge in [-0.25, -0.2) is 0 Å². The van der Waals surface area contributed by atoms with Crippen LogP contribution >= 0.6 is 0 Å². The quantitative estimate of drug-likeness (QED) is 0.574. The van der Waals surface area contributed by atoms with Crippen LogP contribution in [0.5, 0.6) is 0 Å². The number of hydrogen-bond acceptors (Lipinski definition) is 2. The Bertz CT molecular complexity index is 422. The molecule has 70 valence electrons. The second kappa shape index (κ2) is 3.09. The molecule has 0 spiro atoms. The van der Waals surface area contributed by atoms with Gasteiger partial charge in [-0.3, -0.25) is 0 Å². The Morgan fingerprint density at radius 3 is 3.00 bits per heavy atom. The van der Waals surface area contributed by atoms with Crippen molar-refractivity contribution in [1.29, 1.82) is 0 Å². The van der Waals surface area contributed by atoms with Crippen molar-refractivity contribution in [2.24, 2.45) is 5.92 Å². The van der Waals surface area contributed by atoms with Crippen LogP contribution < -0.4 is 0 Å². The van der Waals surface area contributed by atoms with Crippen molar-refractivity contribution in [3.63, 3.8) is 0 Å². The molecule has 0 unspecified atom stereocenters. The van der Waals surface area contributed by atoms with Gasteiger partial charge in [0, 0.05) is 5.92 Å². The Kier molecular flexibility index (Phi) is 1.77. The zero-order valence-corrected chi connectivity index (χ0v) is 8.08. The first kappa shape index (κ1) is 7.99. The van der Waals surface area contributed by atoms with Crippen LogP contribution in [0.3, 0.4) is 0 Å². The van der Waals surface area contributed by atoms with Gasteiger partial charge in [-0.2, -0.15) is 5.10 Å². The summed E-state index contributed by atoms with van der Waals surface area (Å²) in [4.78, 5) is 0. The normalized spacial score (nSPS) is 18.6. The first-order chi connectivity index (χ1) is 6.92. The molecule has 0 N–H and O–H groups in total. The molecule has 1 fully saturated rings. The van der Waals surface area contributed by atoms with E-state index in [-0.39, 0.29) is 0 Å². The minimum atomic E-state index is 0.644. The lowest BCUT2D eigenvalue weighted by Crippen LogP contribution is -1.94. The largest absolute Gasteiger partial charge is 0.154 e. The fourth-order valence-electron chi connectivity index (χ4n) is 1.79. The van der Waals surface area contributed by atoms with E-state index in [1.807, 2.05) is 0 Å². The van der Waals surface area contributed by atoms with Crippen LogP contribution in [0.1, 0.15) is 36.2 Å². The van der Waals surface area contributed by atoms with Gasteiger partial charge in [-0.05, 0) is 49.7 Å². The number of nitrogens with zero attached hydrogens (tertiary/aromatic N) is 2. The molecular formula is C12H12N2. The van der Waals surface area contributed by atoms with E-state index < -0.39 is 0 Å². The van der Waals surface area contributed by atoms with Crippen LogP contribution in [0, 0.1) is 17.8 Å². The summed E-state index contributed by atoms with van der Waals surface area (Å²) < 4.78 is 0. The Balaban J connectivity index is 1.89. The van der Waals surface area contributed by atoms with Crippen molar-refractivity contribution in [2.45, 2.75) is 32.1 Å². The highest BCUT2D eigenvalue weighted by Crippen LogP contribution is 2.27. The lowest BCUT2D eigenvalue weighted by Gasteiger charge is -1.95. The SMILES string of the molecule is C(#CC1CC1)c1cc2c(nn1)CCC2. The monoisotopic (exact) mass is 184 g/mol. The molecule has 2 nitrogen and oxygen atoms in total. The van der Waals surface area contributed by atoms with E-state index in [1.54, 1.807) is 0 Å². The lowest BCUT2D eigenvalue weighted by atomic mass is 10.2. The summed E-state index contributed by atoms with van der Waals surface area (Å²) in [7, 11) is 0. The van der Waals surface area contributed by atoms with Gasteiger partial charge in [0.25, 0.3) is 0 Å². The van der Waals surface area contributed by atoms with Gasteiger partial charge in [0.2, 0.25) is 0 Å². The third-order valence-corrected chi connectivity index (χ3v) is 2.80. The zero-order chi connectivity index (χ0) is 9.38. The smallest absolute Gasteiger partial charge is 0.136 e. The van der Waals surface area contributed by atoms with Gasteiger partial charge < -0.3 is 0 Å². The third-order valence-electron chi connectivity index (χ3n) is 2.80. The first-order valence-electron chi connectivity index (χ1n) is 5.29. The summed E-state index contributed by atoms with van der Waals surface area (Å²) in [5.41, 5.74) is 3.40. The van der Waals surface area contributed by atoms with Gasteiger partial charge >= 0.3 is 0 Å². The van der Waals surface area contributed by atoms with Crippen molar-refractivity contribution in [3.8, 4) is 11.8 Å². The van der Waals surface area contributed by atoms with E-state index in [9.17, 15) is 0 Å². The fourth-order valence-corrected chi connectivity index (χ4v) is 1.79. The topological polar surface area (TPSA) is 25.8 Å². The molecule has 0 aromatic carbocycles. The third kappa shape index (κ3) is 1.50. The van der Waals surface area contributed by atoms with Gasteiger partial charge in [0.15, 0.2) is 0 Å². The van der Waals surface area contributed by atoms with Crippen molar-refractivity contribution in [2.75, 3.05) is 0 Å². The Labute approximate surface area is 83.7 Å². The van der Waals surface area contributed by atoms with Crippen LogP contribution in [-0.4, -0.2) is 10.2 Å². The minimum Gasteiger partial charge on any atom is -0.154 e. The van der Waals surface area contributed by atoms with E-state index in [0.29, 0.717) is 5.92 Å². The minimum absolute atomic E-state index is 0.644. The maximum absolute atomic E-state index is 4.21. The van der Waals surface area contributed by atoms with Gasteiger partial charge in [-0.1, -0.05) is 5.92 Å². The summed E-state index contributed by atoms with van der Waals surface area (Å²) in [5, 5.41) is 8.33. The molecule has 2 aliphatic carbocycles. The summed E-state index contributed by atoms with van der Waals surface area (Å²) >= 11 is 0. The van der Waals surface area contributed by atoms with Crippen molar-refractivity contribution in [1.82, 2.24) is 10.2 Å². The van der Waals surface area contributed by atoms with E-state index in [2.05, 4.69) is 28.1 Å². The summed E-state index contributed by atoms with van der Waals surface area (Å²) in [6.45, 7) is 0. The molecule has 0 aliphatic heterocycles. The predicted molar refractivity (Wildman–Crippen MR) is 53.7 cm³/mol. The molecule has 0 saturated heterocycles. The zero-order valence-electron chi connectivity index (χ0n) is 8.08. The Hall–Kier alpha value is -1.36. The van der Waals surface area contributed by atoms with Crippen LogP contribution in [0.15, 0.2) is 6.07 Å². The second-order valence-electron chi connectivity index (χ2n) is 4.10. The molecule has 0 atom stereocenters. The van der Waals surface area contributed by atoms with Gasteiger partial charge in [-0.15, -0.1) is 5.10 Å². The Morgan fingerprint density at radius 1 is 1.21 bits per heavy atom. The molecule has 0 amide bonds. The number of aromatic nitrogens is 2. The second-order valence-corrected chi connectivity index (χ2v) is 4.10. The maximum Gasteiger partial charge on any atom is 0.136 e. The average molecular weight is 184 g/mol. The first-order valence-corrected chi connectivity index (χ1v) is 5.29. The van der Waals surface area contributed by atoms with Crippen LogP contribution in [-0.2, 0) is 12.8 Å². The fraction of sp³-hybridized carbons (Fsp3) is 0.500. The van der Waals surface area contributed by atoms with Crippen molar-refractivity contribution < 1.29 is 0 Å². The Morgan fingerprint density at radius 2 is 2.14 bits per heavy atom. The van der Waals surface area contributed by atoms with E-state index in [1.165, 1.54) is 30.5 Å². The number of hydrogen-bond donors (Lipinski definition) is 0. The number of aryl methyl sites for hydroxylation is 2. The summed E-state index contributed by atoms with van der Waals surface area (Å²) in [5.74, 6) is 6.97. The van der Waals surface area contributed by atoms with Crippen LogP contribution in [0.4, 0.5) is 0 Å². The standard InChI is InChI=1S/C12H12N2/c1-2-10-8-11(7-6-9-4-5-9)13-14-12(10)3-1/h8-9H,1-5H2. The van der Waals surface area contributed by atoms with E-state index in [4.69, 9.17) is 0 Å².